The van der Waals surface area contributed by atoms with Crippen molar-refractivity contribution in [1.82, 2.24) is 8.97 Å². The van der Waals surface area contributed by atoms with E-state index in [4.69, 9.17) is 0 Å². The molecule has 0 aliphatic heterocycles. The van der Waals surface area contributed by atoms with Crippen molar-refractivity contribution < 1.29 is 0 Å². The van der Waals surface area contributed by atoms with Gasteiger partial charge in [-0.05, 0) is 129 Å². The monoisotopic (exact) mass is 815 g/mol. The first-order valence-corrected chi connectivity index (χ1v) is 22.3. The lowest BCUT2D eigenvalue weighted by Crippen LogP contribution is -2.16. The maximum Gasteiger partial charge on any atom is 0.0620 e. The van der Waals surface area contributed by atoms with Crippen molar-refractivity contribution in [3.05, 3.63) is 223 Å². The standard InChI is InChI=1S/C61H41N3/c1-61(2)53-22-11-9-18-45(53)46-31-30-44(36-54(46)61)62(41-14-5-3-6-15-41)43-28-24-38(25-29-43)39-26-32-56-51(34-39)52-35-40-27-33-57-59(50(40)37-58(52)63(56)42-16-7-4-8-17-42)49-21-13-20-48-47-19-10-12-23-55(47)64(57)60(48)49/h3-37H,1-2H3. The van der Waals surface area contributed by atoms with Crippen LogP contribution in [0.3, 0.4) is 0 Å². The molecular weight excluding hydrogens is 775 g/mol. The van der Waals surface area contributed by atoms with E-state index in [2.05, 4.69) is 240 Å². The van der Waals surface area contributed by atoms with Gasteiger partial charge in [-0.1, -0.05) is 141 Å². The number of hydrogen-bond acceptors (Lipinski definition) is 1. The van der Waals surface area contributed by atoms with Crippen molar-refractivity contribution in [2.45, 2.75) is 19.3 Å². The highest BCUT2D eigenvalue weighted by Crippen LogP contribution is 2.51. The van der Waals surface area contributed by atoms with Gasteiger partial charge in [0.15, 0.2) is 0 Å². The Hall–Kier alpha value is -8.14. The number of para-hydroxylation sites is 4. The molecule has 0 amide bonds. The van der Waals surface area contributed by atoms with Crippen LogP contribution in [0.2, 0.25) is 0 Å². The molecule has 300 valence electrons. The number of fused-ring (bicyclic) bond motifs is 14. The summed E-state index contributed by atoms with van der Waals surface area (Å²) in [4.78, 5) is 2.39. The lowest BCUT2D eigenvalue weighted by atomic mass is 9.82. The van der Waals surface area contributed by atoms with Crippen molar-refractivity contribution in [3.8, 4) is 27.9 Å². The van der Waals surface area contributed by atoms with E-state index in [1.165, 1.54) is 104 Å². The molecule has 64 heavy (non-hydrogen) atoms. The van der Waals surface area contributed by atoms with Gasteiger partial charge >= 0.3 is 0 Å². The highest BCUT2D eigenvalue weighted by Gasteiger charge is 2.35. The van der Waals surface area contributed by atoms with E-state index in [1.807, 2.05) is 0 Å². The zero-order valence-electron chi connectivity index (χ0n) is 35.5. The molecule has 0 saturated heterocycles. The third-order valence-corrected chi connectivity index (χ3v) is 14.4. The van der Waals surface area contributed by atoms with Gasteiger partial charge in [0.25, 0.3) is 0 Å². The molecule has 0 radical (unpaired) electrons. The Morgan fingerprint density at radius 1 is 0.375 bits per heavy atom. The third kappa shape index (κ3) is 4.81. The van der Waals surface area contributed by atoms with Gasteiger partial charge in [-0.25, -0.2) is 0 Å². The summed E-state index contributed by atoms with van der Waals surface area (Å²) in [5.41, 5.74) is 18.5. The topological polar surface area (TPSA) is 12.6 Å². The molecule has 0 fully saturated rings. The normalized spacial score (nSPS) is 13.3. The SMILES string of the molecule is CC1(C)c2ccccc2-c2ccc(N(c3ccccc3)c3ccc(-c4ccc5c(c4)c4cc6ccc7c(c6cc4n5-c4ccccc4)c4cccc5c6ccccc6n7c54)cc3)cc21. The molecule has 0 N–H and O–H groups in total. The molecule has 10 aromatic carbocycles. The first kappa shape index (κ1) is 35.5. The van der Waals surface area contributed by atoms with Gasteiger partial charge < -0.3 is 13.9 Å². The predicted molar refractivity (Wildman–Crippen MR) is 271 cm³/mol. The van der Waals surface area contributed by atoms with Crippen molar-refractivity contribution >= 4 is 87.7 Å². The van der Waals surface area contributed by atoms with Gasteiger partial charge in [0.05, 0.1) is 27.6 Å². The van der Waals surface area contributed by atoms with Gasteiger partial charge in [-0.2, -0.15) is 0 Å². The Kier molecular flexibility index (Phi) is 7.17. The molecule has 13 aromatic rings. The Morgan fingerprint density at radius 3 is 1.89 bits per heavy atom. The fourth-order valence-electron chi connectivity index (χ4n) is 11.5. The van der Waals surface area contributed by atoms with Gasteiger partial charge in [-0.15, -0.1) is 0 Å². The molecule has 0 bridgehead atoms. The largest absolute Gasteiger partial charge is 0.310 e. The summed E-state index contributed by atoms with van der Waals surface area (Å²) >= 11 is 0. The molecule has 1 aliphatic rings. The average Bonchev–Trinajstić information content (AvgIpc) is 4.04. The Labute approximate surface area is 370 Å². The van der Waals surface area contributed by atoms with Gasteiger partial charge in [-0.3, -0.25) is 0 Å². The Bertz CT molecular complexity index is 4020. The van der Waals surface area contributed by atoms with Crippen LogP contribution < -0.4 is 4.90 Å². The van der Waals surface area contributed by atoms with Crippen LogP contribution in [0.5, 0.6) is 0 Å². The summed E-state index contributed by atoms with van der Waals surface area (Å²) in [5, 5.41) is 10.3. The fourth-order valence-corrected chi connectivity index (χ4v) is 11.5. The second kappa shape index (κ2) is 12.9. The van der Waals surface area contributed by atoms with E-state index < -0.39 is 0 Å². The summed E-state index contributed by atoms with van der Waals surface area (Å²) in [6.45, 7) is 4.71. The molecule has 3 nitrogen and oxygen atoms in total. The van der Waals surface area contributed by atoms with E-state index >= 15 is 0 Å². The van der Waals surface area contributed by atoms with Crippen LogP contribution in [-0.4, -0.2) is 8.97 Å². The minimum absolute atomic E-state index is 0.0840. The smallest absolute Gasteiger partial charge is 0.0620 e. The number of aromatic nitrogens is 2. The quantitative estimate of drug-likeness (QED) is 0.169. The zero-order chi connectivity index (χ0) is 42.3. The molecule has 3 heteroatoms. The van der Waals surface area contributed by atoms with Crippen LogP contribution in [0.1, 0.15) is 25.0 Å². The number of nitrogens with zero attached hydrogens (tertiary/aromatic N) is 3. The van der Waals surface area contributed by atoms with Crippen LogP contribution in [0.15, 0.2) is 212 Å². The van der Waals surface area contributed by atoms with E-state index in [0.29, 0.717) is 0 Å². The second-order valence-electron chi connectivity index (χ2n) is 18.1. The molecule has 0 spiro atoms. The molecule has 0 saturated carbocycles. The summed E-state index contributed by atoms with van der Waals surface area (Å²) in [5.74, 6) is 0. The fraction of sp³-hybridized carbons (Fsp3) is 0.0492. The minimum Gasteiger partial charge on any atom is -0.310 e. The number of rotatable bonds is 5. The van der Waals surface area contributed by atoms with Crippen molar-refractivity contribution in [3.63, 3.8) is 0 Å². The maximum atomic E-state index is 2.48. The average molecular weight is 816 g/mol. The van der Waals surface area contributed by atoms with Crippen LogP contribution in [0.4, 0.5) is 17.1 Å². The van der Waals surface area contributed by atoms with Crippen molar-refractivity contribution in [2.75, 3.05) is 4.90 Å². The molecule has 14 rings (SSSR count). The molecule has 3 aromatic heterocycles. The van der Waals surface area contributed by atoms with Crippen molar-refractivity contribution in [2.24, 2.45) is 0 Å². The molecule has 1 aliphatic carbocycles. The van der Waals surface area contributed by atoms with Gasteiger partial charge in [0.2, 0.25) is 0 Å². The molecule has 3 heterocycles. The number of hydrogen-bond donors (Lipinski definition) is 0. The van der Waals surface area contributed by atoms with E-state index in [1.54, 1.807) is 0 Å². The zero-order valence-corrected chi connectivity index (χ0v) is 35.5. The van der Waals surface area contributed by atoms with Crippen LogP contribution >= 0.6 is 0 Å². The Morgan fingerprint density at radius 2 is 1.03 bits per heavy atom. The first-order chi connectivity index (χ1) is 31.5. The van der Waals surface area contributed by atoms with E-state index in [0.717, 1.165) is 22.7 Å². The van der Waals surface area contributed by atoms with E-state index in [-0.39, 0.29) is 5.41 Å². The van der Waals surface area contributed by atoms with Crippen molar-refractivity contribution in [1.29, 1.82) is 0 Å². The van der Waals surface area contributed by atoms with Gasteiger partial charge in [0.1, 0.15) is 0 Å². The van der Waals surface area contributed by atoms with Crippen LogP contribution in [-0.2, 0) is 5.41 Å². The summed E-state index contributed by atoms with van der Waals surface area (Å²) in [7, 11) is 0. The lowest BCUT2D eigenvalue weighted by Gasteiger charge is -2.28. The predicted octanol–water partition coefficient (Wildman–Crippen LogP) is 16.5. The third-order valence-electron chi connectivity index (χ3n) is 14.4. The van der Waals surface area contributed by atoms with E-state index in [9.17, 15) is 0 Å². The Balaban J connectivity index is 0.923. The molecule has 0 unspecified atom stereocenters. The maximum absolute atomic E-state index is 2.48. The lowest BCUT2D eigenvalue weighted by molar-refractivity contribution is 0.660. The summed E-state index contributed by atoms with van der Waals surface area (Å²) in [6, 6.07) is 78.8. The van der Waals surface area contributed by atoms with Crippen LogP contribution in [0, 0.1) is 0 Å². The first-order valence-electron chi connectivity index (χ1n) is 22.3. The minimum atomic E-state index is -0.0840. The number of benzene rings is 10. The molecule has 0 atom stereocenters. The van der Waals surface area contributed by atoms with Gasteiger partial charge in [0, 0.05) is 60.5 Å². The summed E-state index contributed by atoms with van der Waals surface area (Å²) < 4.78 is 4.93. The highest BCUT2D eigenvalue weighted by molar-refractivity contribution is 6.30. The number of anilines is 3. The van der Waals surface area contributed by atoms with Crippen LogP contribution in [0.25, 0.3) is 98.6 Å². The highest BCUT2D eigenvalue weighted by atomic mass is 15.1. The molecular formula is C61H41N3. The second-order valence-corrected chi connectivity index (χ2v) is 18.1. The summed E-state index contributed by atoms with van der Waals surface area (Å²) in [6.07, 6.45) is 0.